The van der Waals surface area contributed by atoms with Crippen molar-refractivity contribution in [3.63, 3.8) is 0 Å². The quantitative estimate of drug-likeness (QED) is 0.630. The molecule has 0 aliphatic rings. The number of carboxylic acid groups (broad SMARTS) is 1. The number of alkyl halides is 6. The second-order valence-electron chi connectivity index (χ2n) is 5.29. The van der Waals surface area contributed by atoms with Crippen LogP contribution >= 0.6 is 0 Å². The fraction of sp³-hybridized carbons (Fsp3) is 0.917. The first kappa shape index (κ1) is 22.0. The van der Waals surface area contributed by atoms with Crippen LogP contribution in [0.4, 0.5) is 26.3 Å². The molecule has 0 aromatic carbocycles. The molecule has 23 heavy (non-hydrogen) atoms. The third-order valence-corrected chi connectivity index (χ3v) is 6.04. The summed E-state index contributed by atoms with van der Waals surface area (Å²) in [4.78, 5) is 11.2. The van der Waals surface area contributed by atoms with Crippen molar-refractivity contribution in [1.82, 2.24) is 0 Å². The Morgan fingerprint density at radius 1 is 1.17 bits per heavy atom. The van der Waals surface area contributed by atoms with Gasteiger partial charge < -0.3 is 5.11 Å². The van der Waals surface area contributed by atoms with E-state index < -0.39 is 57.4 Å². The number of carboxylic acids is 1. The molecule has 0 fully saturated rings. The highest BCUT2D eigenvalue weighted by molar-refractivity contribution is 7.93. The van der Waals surface area contributed by atoms with Crippen LogP contribution in [0.1, 0.15) is 39.5 Å². The van der Waals surface area contributed by atoms with Crippen molar-refractivity contribution in [2.45, 2.75) is 62.5 Å². The molecule has 0 saturated carbocycles. The molecular formula is C12H18F6O4S. The number of rotatable bonds is 9. The number of aliphatic carboxylic acids is 1. The maximum atomic E-state index is 14.1. The van der Waals surface area contributed by atoms with Gasteiger partial charge >= 0.3 is 18.1 Å². The Kier molecular flexibility index (Phi) is 6.95. The third-order valence-electron chi connectivity index (χ3n) is 3.58. The number of halogens is 6. The Hall–Kier alpha value is -1.00. The summed E-state index contributed by atoms with van der Waals surface area (Å²) >= 11 is 0. The fourth-order valence-corrected chi connectivity index (χ4v) is 3.46. The molecule has 0 aliphatic heterocycles. The highest BCUT2D eigenvalue weighted by Crippen LogP contribution is 2.39. The first-order chi connectivity index (χ1) is 10.1. The molecule has 0 aromatic rings. The standard InChI is InChI=1S/C12H18F6O4S/c1-3-4-5-8(13)10(2,9(19)20)23(21,22)7-6-11(14,15)12(16,17)18/h8H,3-7H2,1-2H3,(H,19,20). The second-order valence-corrected chi connectivity index (χ2v) is 7.78. The van der Waals surface area contributed by atoms with Gasteiger partial charge in [0.15, 0.2) is 14.6 Å². The van der Waals surface area contributed by atoms with Gasteiger partial charge in [0.25, 0.3) is 0 Å². The van der Waals surface area contributed by atoms with E-state index in [0.717, 1.165) is 0 Å². The van der Waals surface area contributed by atoms with Gasteiger partial charge in [0.1, 0.15) is 6.17 Å². The molecular weight excluding hydrogens is 354 g/mol. The molecule has 1 N–H and O–H groups in total. The van der Waals surface area contributed by atoms with Crippen LogP contribution in [0.5, 0.6) is 0 Å². The van der Waals surface area contributed by atoms with Crippen LogP contribution in [0, 0.1) is 0 Å². The van der Waals surface area contributed by atoms with Crippen molar-refractivity contribution in [3.05, 3.63) is 0 Å². The van der Waals surface area contributed by atoms with Gasteiger partial charge in [-0.1, -0.05) is 19.8 Å². The molecule has 0 amide bonds. The summed E-state index contributed by atoms with van der Waals surface area (Å²) in [5.74, 6) is -9.24. The lowest BCUT2D eigenvalue weighted by atomic mass is 10.0. The minimum absolute atomic E-state index is 0.137. The number of sulfone groups is 1. The van der Waals surface area contributed by atoms with Crippen molar-refractivity contribution >= 4 is 15.8 Å². The van der Waals surface area contributed by atoms with Crippen LogP contribution in [0.3, 0.4) is 0 Å². The minimum Gasteiger partial charge on any atom is -0.480 e. The summed E-state index contributed by atoms with van der Waals surface area (Å²) in [5.41, 5.74) is 0. The average Bonchev–Trinajstić information content (AvgIpc) is 2.40. The molecule has 2 unspecified atom stereocenters. The van der Waals surface area contributed by atoms with Crippen molar-refractivity contribution in [3.8, 4) is 0 Å². The molecule has 0 radical (unpaired) electrons. The van der Waals surface area contributed by atoms with E-state index in [0.29, 0.717) is 13.3 Å². The monoisotopic (exact) mass is 372 g/mol. The van der Waals surface area contributed by atoms with Crippen LogP contribution in [0.15, 0.2) is 0 Å². The molecule has 138 valence electrons. The van der Waals surface area contributed by atoms with Crippen molar-refractivity contribution in [2.75, 3.05) is 5.75 Å². The van der Waals surface area contributed by atoms with Crippen molar-refractivity contribution in [2.24, 2.45) is 0 Å². The van der Waals surface area contributed by atoms with E-state index >= 15 is 0 Å². The van der Waals surface area contributed by atoms with Crippen LogP contribution in [0.2, 0.25) is 0 Å². The molecule has 11 heteroatoms. The highest BCUT2D eigenvalue weighted by Gasteiger charge is 2.59. The topological polar surface area (TPSA) is 71.4 Å². The Morgan fingerprint density at radius 2 is 1.65 bits per heavy atom. The Labute approximate surface area is 129 Å². The zero-order chi connectivity index (χ0) is 18.7. The smallest absolute Gasteiger partial charge is 0.453 e. The molecule has 2 atom stereocenters. The molecule has 4 nitrogen and oxygen atoms in total. The molecule has 0 heterocycles. The number of carbonyl (C=O) groups is 1. The summed E-state index contributed by atoms with van der Waals surface area (Å²) < 4.78 is 96.7. The minimum atomic E-state index is -5.97. The molecule has 0 saturated heterocycles. The number of unbranched alkanes of at least 4 members (excludes halogenated alkanes) is 1. The average molecular weight is 372 g/mol. The molecule has 0 rings (SSSR count). The van der Waals surface area contributed by atoms with Gasteiger partial charge in [0.2, 0.25) is 0 Å². The zero-order valence-electron chi connectivity index (χ0n) is 12.5. The lowest BCUT2D eigenvalue weighted by Crippen LogP contribution is -2.53. The van der Waals surface area contributed by atoms with Crippen molar-refractivity contribution < 1.29 is 44.7 Å². The predicted molar refractivity (Wildman–Crippen MR) is 69.9 cm³/mol. The lowest BCUT2D eigenvalue weighted by Gasteiger charge is -2.29. The number of hydrogen-bond acceptors (Lipinski definition) is 3. The molecule has 0 aliphatic carbocycles. The van der Waals surface area contributed by atoms with Crippen molar-refractivity contribution in [1.29, 1.82) is 0 Å². The van der Waals surface area contributed by atoms with E-state index in [9.17, 15) is 39.6 Å². The van der Waals surface area contributed by atoms with E-state index in [4.69, 9.17) is 5.11 Å². The zero-order valence-corrected chi connectivity index (χ0v) is 13.3. The fourth-order valence-electron chi connectivity index (χ4n) is 1.74. The van der Waals surface area contributed by atoms with Crippen LogP contribution in [0.25, 0.3) is 0 Å². The van der Waals surface area contributed by atoms with E-state index in [-0.39, 0.29) is 6.42 Å². The van der Waals surface area contributed by atoms with E-state index in [1.807, 2.05) is 0 Å². The SMILES string of the molecule is CCCCC(F)C(C)(C(=O)O)S(=O)(=O)CCC(F)(F)C(F)(F)F. The number of hydrogen-bond donors (Lipinski definition) is 1. The first-order valence-corrected chi connectivity index (χ1v) is 8.33. The van der Waals surface area contributed by atoms with E-state index in [2.05, 4.69) is 0 Å². The van der Waals surface area contributed by atoms with E-state index in [1.165, 1.54) is 0 Å². The molecule has 0 spiro atoms. The van der Waals surface area contributed by atoms with Crippen LogP contribution in [-0.2, 0) is 14.6 Å². The van der Waals surface area contributed by atoms with Gasteiger partial charge in [-0.25, -0.2) is 12.8 Å². The summed E-state index contributed by atoms with van der Waals surface area (Å²) in [5, 5.41) is 9.00. The van der Waals surface area contributed by atoms with Gasteiger partial charge in [-0.15, -0.1) is 0 Å². The van der Waals surface area contributed by atoms with Gasteiger partial charge in [-0.05, 0) is 13.3 Å². The normalized spacial score (nSPS) is 17.6. The van der Waals surface area contributed by atoms with Gasteiger partial charge in [0, 0.05) is 6.42 Å². The summed E-state index contributed by atoms with van der Waals surface area (Å²) in [6, 6.07) is 0. The Bertz CT molecular complexity index is 516. The largest absolute Gasteiger partial charge is 0.480 e. The molecule has 0 bridgehead atoms. The third kappa shape index (κ3) is 4.74. The van der Waals surface area contributed by atoms with Gasteiger partial charge in [-0.3, -0.25) is 4.79 Å². The molecule has 0 aromatic heterocycles. The summed E-state index contributed by atoms with van der Waals surface area (Å²) in [6.45, 7) is 2.11. The summed E-state index contributed by atoms with van der Waals surface area (Å²) in [7, 11) is -5.10. The Balaban J connectivity index is 5.45. The van der Waals surface area contributed by atoms with Gasteiger partial charge in [-0.2, -0.15) is 22.0 Å². The van der Waals surface area contributed by atoms with Crippen LogP contribution in [-0.4, -0.2) is 48.3 Å². The Morgan fingerprint density at radius 3 is 2.00 bits per heavy atom. The second kappa shape index (κ2) is 7.27. The predicted octanol–water partition coefficient (Wildman–Crippen LogP) is 3.36. The van der Waals surface area contributed by atoms with Gasteiger partial charge in [0.05, 0.1) is 5.75 Å². The maximum absolute atomic E-state index is 14.1. The first-order valence-electron chi connectivity index (χ1n) is 6.67. The highest BCUT2D eigenvalue weighted by atomic mass is 32.2. The maximum Gasteiger partial charge on any atom is 0.453 e. The van der Waals surface area contributed by atoms with E-state index in [1.54, 1.807) is 6.92 Å². The summed E-state index contributed by atoms with van der Waals surface area (Å²) in [6.07, 6.45) is -10.5. The lowest BCUT2D eigenvalue weighted by molar-refractivity contribution is -0.282. The van der Waals surface area contributed by atoms with Crippen LogP contribution < -0.4 is 0 Å².